The highest BCUT2D eigenvalue weighted by Gasteiger charge is 2.28. The number of hydrogen-bond donors (Lipinski definition) is 1. The Kier molecular flexibility index (Phi) is 4.22. The molecule has 0 bridgehead atoms. The smallest absolute Gasteiger partial charge is 0.282 e. The SMILES string of the molecule is Cc1sc2c(c1C)c(=O)nc1n2Cc2ccccc2/C1=C(/O)c1cccc(Br)c1. The van der Waals surface area contributed by atoms with Crippen molar-refractivity contribution in [2.75, 3.05) is 0 Å². The molecular formula is C23H17BrN2O2S. The molecule has 5 rings (SSSR count). The van der Waals surface area contributed by atoms with Crippen LogP contribution in [0.2, 0.25) is 0 Å². The summed E-state index contributed by atoms with van der Waals surface area (Å²) in [6.45, 7) is 4.61. The summed E-state index contributed by atoms with van der Waals surface area (Å²) in [5, 5.41) is 12.0. The van der Waals surface area contributed by atoms with Crippen molar-refractivity contribution in [1.29, 1.82) is 0 Å². The second-order valence-electron chi connectivity index (χ2n) is 7.18. The molecule has 0 saturated heterocycles. The van der Waals surface area contributed by atoms with E-state index in [-0.39, 0.29) is 11.3 Å². The summed E-state index contributed by atoms with van der Waals surface area (Å²) in [7, 11) is 0. The molecule has 0 unspecified atom stereocenters. The van der Waals surface area contributed by atoms with Crippen LogP contribution in [0.1, 0.15) is 33.0 Å². The van der Waals surface area contributed by atoms with Crippen molar-refractivity contribution < 1.29 is 5.11 Å². The molecule has 0 radical (unpaired) electrons. The summed E-state index contributed by atoms with van der Waals surface area (Å²) in [4.78, 5) is 19.4. The van der Waals surface area contributed by atoms with Gasteiger partial charge in [0, 0.05) is 14.9 Å². The standard InChI is InChI=1S/C23H17BrN2O2S/c1-12-13(2)29-23-18(12)22(28)25-21-19(20(27)14-7-5-8-16(24)10-14)17-9-4-3-6-15(17)11-26(21)23/h3-10,27H,11H2,1-2H3/b20-19-. The van der Waals surface area contributed by atoms with Crippen LogP contribution in [-0.4, -0.2) is 14.7 Å². The maximum absolute atomic E-state index is 12.9. The number of aryl methyl sites for hydroxylation is 2. The van der Waals surface area contributed by atoms with Crippen molar-refractivity contribution in [1.82, 2.24) is 9.55 Å². The third-order valence-corrected chi connectivity index (χ3v) is 7.19. The minimum absolute atomic E-state index is 0.114. The number of aromatic nitrogens is 2. The summed E-state index contributed by atoms with van der Waals surface area (Å²) >= 11 is 5.08. The van der Waals surface area contributed by atoms with Crippen molar-refractivity contribution in [2.45, 2.75) is 20.4 Å². The van der Waals surface area contributed by atoms with E-state index in [2.05, 4.69) is 31.5 Å². The molecule has 4 aromatic rings. The molecule has 0 saturated carbocycles. The Morgan fingerprint density at radius 3 is 2.76 bits per heavy atom. The topological polar surface area (TPSA) is 55.1 Å². The predicted octanol–water partition coefficient (Wildman–Crippen LogP) is 5.67. The normalized spacial score (nSPS) is 14.6. The van der Waals surface area contributed by atoms with Gasteiger partial charge in [0.15, 0.2) is 0 Å². The molecule has 29 heavy (non-hydrogen) atoms. The maximum Gasteiger partial charge on any atom is 0.282 e. The van der Waals surface area contributed by atoms with E-state index >= 15 is 0 Å². The van der Waals surface area contributed by atoms with Crippen LogP contribution in [-0.2, 0) is 6.54 Å². The Balaban J connectivity index is 1.91. The van der Waals surface area contributed by atoms with Gasteiger partial charge in [0.05, 0.1) is 17.5 Å². The van der Waals surface area contributed by atoms with Crippen LogP contribution in [0.25, 0.3) is 21.5 Å². The minimum atomic E-state index is -0.243. The van der Waals surface area contributed by atoms with Gasteiger partial charge >= 0.3 is 0 Å². The van der Waals surface area contributed by atoms with Crippen LogP contribution >= 0.6 is 27.3 Å². The first-order valence-corrected chi connectivity index (χ1v) is 10.8. The van der Waals surface area contributed by atoms with Gasteiger partial charge in [-0.3, -0.25) is 4.79 Å². The Hall–Kier alpha value is -2.70. The van der Waals surface area contributed by atoms with Gasteiger partial charge in [-0.05, 0) is 42.7 Å². The highest BCUT2D eigenvalue weighted by Crippen LogP contribution is 2.39. The van der Waals surface area contributed by atoms with E-state index in [0.29, 0.717) is 28.9 Å². The monoisotopic (exact) mass is 464 g/mol. The molecule has 0 spiro atoms. The maximum atomic E-state index is 12.9. The Labute approximate surface area is 179 Å². The first-order chi connectivity index (χ1) is 14.0. The molecule has 6 heteroatoms. The fraction of sp³-hybridized carbons (Fsp3) is 0.130. The number of aliphatic hydroxyl groups is 1. The van der Waals surface area contributed by atoms with Gasteiger partial charge in [0.1, 0.15) is 16.4 Å². The second kappa shape index (κ2) is 6.68. The Morgan fingerprint density at radius 1 is 1.17 bits per heavy atom. The van der Waals surface area contributed by atoms with Crippen LogP contribution in [0.5, 0.6) is 0 Å². The minimum Gasteiger partial charge on any atom is -0.507 e. The van der Waals surface area contributed by atoms with Gasteiger partial charge in [0.25, 0.3) is 5.56 Å². The largest absolute Gasteiger partial charge is 0.507 e. The summed E-state index contributed by atoms with van der Waals surface area (Å²) in [5.41, 5.74) is 4.00. The van der Waals surface area contributed by atoms with Crippen molar-refractivity contribution >= 4 is 48.8 Å². The van der Waals surface area contributed by atoms with Crippen LogP contribution in [0.4, 0.5) is 0 Å². The van der Waals surface area contributed by atoms with Gasteiger partial charge in [-0.2, -0.15) is 4.98 Å². The summed E-state index contributed by atoms with van der Waals surface area (Å²) in [5.74, 6) is 0.628. The first kappa shape index (κ1) is 18.3. The van der Waals surface area contributed by atoms with Crippen molar-refractivity contribution in [2.24, 2.45) is 0 Å². The lowest BCUT2D eigenvalue weighted by Crippen LogP contribution is -2.23. The number of fused-ring (bicyclic) bond motifs is 4. The molecule has 3 heterocycles. The zero-order valence-corrected chi connectivity index (χ0v) is 18.3. The van der Waals surface area contributed by atoms with Crippen LogP contribution < -0.4 is 5.56 Å². The molecule has 0 atom stereocenters. The number of hydrogen-bond acceptors (Lipinski definition) is 4. The van der Waals surface area contributed by atoms with E-state index in [1.54, 1.807) is 11.3 Å². The average molecular weight is 465 g/mol. The summed E-state index contributed by atoms with van der Waals surface area (Å²) in [6, 6.07) is 15.5. The van der Waals surface area contributed by atoms with E-state index in [1.165, 1.54) is 0 Å². The molecule has 0 amide bonds. The fourth-order valence-electron chi connectivity index (χ4n) is 3.90. The Bertz CT molecular complexity index is 1400. The first-order valence-electron chi connectivity index (χ1n) is 9.24. The average Bonchev–Trinajstić information content (AvgIpc) is 3.01. The molecule has 1 aliphatic rings. The van der Waals surface area contributed by atoms with Gasteiger partial charge in [-0.25, -0.2) is 0 Å². The second-order valence-corrected chi connectivity index (χ2v) is 9.30. The number of benzene rings is 2. The number of nitrogens with zero attached hydrogens (tertiary/aromatic N) is 2. The zero-order chi connectivity index (χ0) is 20.3. The van der Waals surface area contributed by atoms with Gasteiger partial charge in [-0.15, -0.1) is 11.3 Å². The highest BCUT2D eigenvalue weighted by atomic mass is 79.9. The number of aliphatic hydroxyl groups excluding tert-OH is 1. The highest BCUT2D eigenvalue weighted by molar-refractivity contribution is 9.10. The van der Waals surface area contributed by atoms with E-state index in [1.807, 2.05) is 56.3 Å². The molecule has 1 aliphatic heterocycles. The van der Waals surface area contributed by atoms with Crippen LogP contribution in [0.3, 0.4) is 0 Å². The van der Waals surface area contributed by atoms with Crippen LogP contribution in [0.15, 0.2) is 57.8 Å². The van der Waals surface area contributed by atoms with E-state index in [0.717, 1.165) is 30.9 Å². The van der Waals surface area contributed by atoms with Gasteiger partial charge in [0.2, 0.25) is 0 Å². The molecule has 2 aromatic carbocycles. The van der Waals surface area contributed by atoms with E-state index in [9.17, 15) is 9.90 Å². The van der Waals surface area contributed by atoms with Gasteiger partial charge < -0.3 is 9.67 Å². The quantitative estimate of drug-likeness (QED) is 0.325. The molecule has 4 nitrogen and oxygen atoms in total. The number of thiophene rings is 1. The summed E-state index contributed by atoms with van der Waals surface area (Å²) < 4.78 is 2.93. The number of rotatable bonds is 1. The summed E-state index contributed by atoms with van der Waals surface area (Å²) in [6.07, 6.45) is 0. The lowest BCUT2D eigenvalue weighted by atomic mass is 9.92. The van der Waals surface area contributed by atoms with Crippen molar-refractivity contribution in [3.05, 3.63) is 96.3 Å². The zero-order valence-electron chi connectivity index (χ0n) is 15.9. The van der Waals surface area contributed by atoms with Crippen molar-refractivity contribution in [3.63, 3.8) is 0 Å². The molecule has 0 aliphatic carbocycles. The fourth-order valence-corrected chi connectivity index (χ4v) is 5.45. The lowest BCUT2D eigenvalue weighted by molar-refractivity contribution is 0.512. The molecule has 1 N–H and O–H groups in total. The van der Waals surface area contributed by atoms with Crippen LogP contribution in [0, 0.1) is 13.8 Å². The Morgan fingerprint density at radius 2 is 1.97 bits per heavy atom. The predicted molar refractivity (Wildman–Crippen MR) is 122 cm³/mol. The van der Waals surface area contributed by atoms with E-state index in [4.69, 9.17) is 0 Å². The number of halogens is 1. The van der Waals surface area contributed by atoms with E-state index < -0.39 is 0 Å². The van der Waals surface area contributed by atoms with Crippen molar-refractivity contribution in [3.8, 4) is 0 Å². The van der Waals surface area contributed by atoms with Gasteiger partial charge in [-0.1, -0.05) is 52.3 Å². The third-order valence-electron chi connectivity index (χ3n) is 5.46. The molecular weight excluding hydrogens is 448 g/mol. The molecule has 2 aromatic heterocycles. The molecule has 144 valence electrons. The molecule has 0 fully saturated rings. The lowest BCUT2D eigenvalue weighted by Gasteiger charge is -2.25. The third kappa shape index (κ3) is 2.78.